The van der Waals surface area contributed by atoms with Gasteiger partial charge in [-0.05, 0) is 25.5 Å². The van der Waals surface area contributed by atoms with Crippen LogP contribution in [0.4, 0.5) is 0 Å². The molecule has 0 atom stereocenters. The highest BCUT2D eigenvalue weighted by Crippen LogP contribution is 2.11. The fourth-order valence-corrected chi connectivity index (χ4v) is 1.31. The van der Waals surface area contributed by atoms with Gasteiger partial charge in [-0.3, -0.25) is 4.79 Å². The van der Waals surface area contributed by atoms with E-state index in [2.05, 4.69) is 0 Å². The molecule has 1 aromatic rings. The van der Waals surface area contributed by atoms with Crippen LogP contribution in [0.15, 0.2) is 30.5 Å². The molecule has 0 spiro atoms. The van der Waals surface area contributed by atoms with Crippen molar-refractivity contribution in [3.8, 4) is 0 Å². The molecule has 0 aliphatic heterocycles. The van der Waals surface area contributed by atoms with Crippen LogP contribution in [0.25, 0.3) is 0 Å². The Labute approximate surface area is 91.2 Å². The van der Waals surface area contributed by atoms with E-state index in [1.807, 2.05) is 51.0 Å². The van der Waals surface area contributed by atoms with Crippen molar-refractivity contribution >= 4 is 5.78 Å². The number of ketones is 1. The second-order valence-corrected chi connectivity index (χ2v) is 3.96. The number of aryl methyl sites for hydroxylation is 2. The van der Waals surface area contributed by atoms with Gasteiger partial charge < -0.3 is 4.90 Å². The first-order chi connectivity index (χ1) is 7.00. The van der Waals surface area contributed by atoms with Gasteiger partial charge in [-0.1, -0.05) is 17.7 Å². The van der Waals surface area contributed by atoms with Crippen LogP contribution in [-0.2, 0) is 0 Å². The van der Waals surface area contributed by atoms with Gasteiger partial charge in [0.2, 0.25) is 0 Å². The average molecular weight is 203 g/mol. The number of carbonyl (C=O) groups excluding carboxylic acids is 1. The van der Waals surface area contributed by atoms with E-state index >= 15 is 0 Å². The minimum atomic E-state index is 0.0601. The van der Waals surface area contributed by atoms with Crippen molar-refractivity contribution < 1.29 is 4.79 Å². The van der Waals surface area contributed by atoms with E-state index in [1.165, 1.54) is 0 Å². The lowest BCUT2D eigenvalue weighted by Crippen LogP contribution is -2.04. The third-order valence-corrected chi connectivity index (χ3v) is 2.18. The Hall–Kier alpha value is -1.57. The van der Waals surface area contributed by atoms with E-state index in [0.717, 1.165) is 16.7 Å². The maximum atomic E-state index is 11.8. The Morgan fingerprint density at radius 1 is 1.27 bits per heavy atom. The molecule has 0 amide bonds. The molecular formula is C13H17NO. The molecule has 0 heterocycles. The first-order valence-corrected chi connectivity index (χ1v) is 4.97. The van der Waals surface area contributed by atoms with Crippen LogP contribution in [-0.4, -0.2) is 24.8 Å². The summed E-state index contributed by atoms with van der Waals surface area (Å²) in [5, 5.41) is 0. The van der Waals surface area contributed by atoms with Crippen molar-refractivity contribution in [2.24, 2.45) is 0 Å². The minimum absolute atomic E-state index is 0.0601. The van der Waals surface area contributed by atoms with Crippen LogP contribution >= 0.6 is 0 Å². The number of hydrogen-bond acceptors (Lipinski definition) is 2. The molecule has 0 aromatic heterocycles. The SMILES string of the molecule is Cc1ccc(C)c(C(=O)/C=C/N(C)C)c1. The monoisotopic (exact) mass is 203 g/mol. The molecule has 0 aliphatic rings. The number of hydrogen-bond donors (Lipinski definition) is 0. The van der Waals surface area contributed by atoms with Crippen molar-refractivity contribution in [2.45, 2.75) is 13.8 Å². The summed E-state index contributed by atoms with van der Waals surface area (Å²) in [6.07, 6.45) is 3.37. The molecule has 2 heteroatoms. The zero-order chi connectivity index (χ0) is 11.4. The van der Waals surface area contributed by atoms with E-state index in [-0.39, 0.29) is 5.78 Å². The van der Waals surface area contributed by atoms with Crippen LogP contribution in [0.1, 0.15) is 21.5 Å². The molecule has 1 rings (SSSR count). The lowest BCUT2D eigenvalue weighted by molar-refractivity contribution is 0.104. The van der Waals surface area contributed by atoms with Gasteiger partial charge in [-0.15, -0.1) is 0 Å². The Kier molecular flexibility index (Phi) is 3.67. The molecular weight excluding hydrogens is 186 g/mol. The van der Waals surface area contributed by atoms with Gasteiger partial charge in [0.1, 0.15) is 0 Å². The van der Waals surface area contributed by atoms with Crippen LogP contribution < -0.4 is 0 Å². The fraction of sp³-hybridized carbons (Fsp3) is 0.308. The quantitative estimate of drug-likeness (QED) is 0.556. The molecule has 0 aliphatic carbocycles. The largest absolute Gasteiger partial charge is 0.383 e. The van der Waals surface area contributed by atoms with Crippen LogP contribution in [0, 0.1) is 13.8 Å². The molecule has 15 heavy (non-hydrogen) atoms. The number of benzene rings is 1. The second kappa shape index (κ2) is 4.78. The van der Waals surface area contributed by atoms with Crippen LogP contribution in [0.5, 0.6) is 0 Å². The Bertz CT molecular complexity index is 392. The highest BCUT2D eigenvalue weighted by atomic mass is 16.1. The van der Waals surface area contributed by atoms with Crippen LogP contribution in [0.2, 0.25) is 0 Å². The smallest absolute Gasteiger partial charge is 0.187 e. The van der Waals surface area contributed by atoms with Gasteiger partial charge in [0, 0.05) is 31.9 Å². The number of allylic oxidation sites excluding steroid dienone is 1. The average Bonchev–Trinajstić information content (AvgIpc) is 2.18. The predicted molar refractivity (Wildman–Crippen MR) is 63.1 cm³/mol. The predicted octanol–water partition coefficient (Wildman–Crippen LogP) is 2.56. The summed E-state index contributed by atoms with van der Waals surface area (Å²) in [5.41, 5.74) is 2.92. The minimum Gasteiger partial charge on any atom is -0.383 e. The van der Waals surface area contributed by atoms with Gasteiger partial charge in [-0.25, -0.2) is 0 Å². The Morgan fingerprint density at radius 3 is 2.53 bits per heavy atom. The van der Waals surface area contributed by atoms with Crippen molar-refractivity contribution in [3.63, 3.8) is 0 Å². The summed E-state index contributed by atoms with van der Waals surface area (Å²) in [4.78, 5) is 13.7. The molecule has 2 nitrogen and oxygen atoms in total. The third-order valence-electron chi connectivity index (χ3n) is 2.18. The molecule has 0 saturated carbocycles. The van der Waals surface area contributed by atoms with Crippen molar-refractivity contribution in [2.75, 3.05) is 14.1 Å². The molecule has 0 unspecified atom stereocenters. The highest BCUT2D eigenvalue weighted by molar-refractivity contribution is 6.05. The Balaban J connectivity index is 2.96. The van der Waals surface area contributed by atoms with Crippen LogP contribution in [0.3, 0.4) is 0 Å². The molecule has 0 bridgehead atoms. The topological polar surface area (TPSA) is 20.3 Å². The van der Waals surface area contributed by atoms with E-state index in [0.29, 0.717) is 0 Å². The molecule has 0 saturated heterocycles. The summed E-state index contributed by atoms with van der Waals surface area (Å²) in [6.45, 7) is 3.95. The summed E-state index contributed by atoms with van der Waals surface area (Å²) in [5.74, 6) is 0.0601. The normalized spacial score (nSPS) is 10.7. The van der Waals surface area contributed by atoms with Gasteiger partial charge in [0.05, 0.1) is 0 Å². The highest BCUT2D eigenvalue weighted by Gasteiger charge is 2.05. The van der Waals surface area contributed by atoms with E-state index in [4.69, 9.17) is 0 Å². The lowest BCUT2D eigenvalue weighted by Gasteiger charge is -2.05. The lowest BCUT2D eigenvalue weighted by atomic mass is 10.0. The first-order valence-electron chi connectivity index (χ1n) is 4.97. The second-order valence-electron chi connectivity index (χ2n) is 3.96. The number of rotatable bonds is 3. The summed E-state index contributed by atoms with van der Waals surface area (Å²) < 4.78 is 0. The fourth-order valence-electron chi connectivity index (χ4n) is 1.31. The van der Waals surface area contributed by atoms with Gasteiger partial charge >= 0.3 is 0 Å². The van der Waals surface area contributed by atoms with Crippen molar-refractivity contribution in [1.82, 2.24) is 4.90 Å². The number of nitrogens with zero attached hydrogens (tertiary/aromatic N) is 1. The summed E-state index contributed by atoms with van der Waals surface area (Å²) in [7, 11) is 3.79. The first kappa shape index (κ1) is 11.5. The summed E-state index contributed by atoms with van der Waals surface area (Å²) in [6, 6.07) is 5.92. The van der Waals surface area contributed by atoms with Gasteiger partial charge in [0.15, 0.2) is 5.78 Å². The van der Waals surface area contributed by atoms with E-state index < -0.39 is 0 Å². The molecule has 0 radical (unpaired) electrons. The Morgan fingerprint density at radius 2 is 1.93 bits per heavy atom. The van der Waals surface area contributed by atoms with E-state index in [9.17, 15) is 4.79 Å². The van der Waals surface area contributed by atoms with Crippen molar-refractivity contribution in [1.29, 1.82) is 0 Å². The maximum absolute atomic E-state index is 11.8. The van der Waals surface area contributed by atoms with Crippen molar-refractivity contribution in [3.05, 3.63) is 47.2 Å². The zero-order valence-electron chi connectivity index (χ0n) is 9.74. The number of carbonyl (C=O) groups is 1. The summed E-state index contributed by atoms with van der Waals surface area (Å²) >= 11 is 0. The maximum Gasteiger partial charge on any atom is 0.187 e. The molecule has 1 aromatic carbocycles. The standard InChI is InChI=1S/C13H17NO/c1-10-5-6-11(2)12(9-10)13(15)7-8-14(3)4/h5-9H,1-4H3/b8-7+. The van der Waals surface area contributed by atoms with Gasteiger partial charge in [0.25, 0.3) is 0 Å². The molecule has 0 fully saturated rings. The third kappa shape index (κ3) is 3.24. The molecule has 80 valence electrons. The zero-order valence-corrected chi connectivity index (χ0v) is 9.74. The van der Waals surface area contributed by atoms with Gasteiger partial charge in [-0.2, -0.15) is 0 Å². The molecule has 0 N–H and O–H groups in total. The van der Waals surface area contributed by atoms with E-state index in [1.54, 1.807) is 12.3 Å².